The summed E-state index contributed by atoms with van der Waals surface area (Å²) in [5, 5.41) is 1.99. The van der Waals surface area contributed by atoms with Crippen LogP contribution < -0.4 is 9.47 Å². The molecule has 0 heterocycles. The van der Waals surface area contributed by atoms with Crippen LogP contribution >= 0.6 is 0 Å². The molecule has 0 unspecified atom stereocenters. The Kier molecular flexibility index (Phi) is 12.6. The average molecular weight is 517 g/mol. The third kappa shape index (κ3) is 10.6. The maximum absolute atomic E-state index is 12.4. The van der Waals surface area contributed by atoms with Crippen molar-refractivity contribution < 1.29 is 28.6 Å². The number of benzene rings is 3. The van der Waals surface area contributed by atoms with Crippen molar-refractivity contribution in [3.8, 4) is 11.5 Å². The first-order valence-electron chi connectivity index (χ1n) is 13.4. The number of carbonyl (C=O) groups excluding carboxylic acids is 2. The fourth-order valence-corrected chi connectivity index (χ4v) is 4.16. The molecule has 7 nitrogen and oxygen atoms in total. The maximum atomic E-state index is 12.4. The first kappa shape index (κ1) is 28.6. The number of para-hydroxylation sites is 1. The molecule has 0 spiro atoms. The van der Waals surface area contributed by atoms with Gasteiger partial charge in [0.2, 0.25) is 0 Å². The Bertz CT molecular complexity index is 1210. The number of carbonyl (C=O) groups is 2. The second-order valence-electron chi connectivity index (χ2n) is 9.22. The van der Waals surface area contributed by atoms with E-state index in [4.69, 9.17) is 19.7 Å². The van der Waals surface area contributed by atoms with Crippen LogP contribution in [0.25, 0.3) is 16.3 Å². The molecule has 0 bridgehead atoms. The van der Waals surface area contributed by atoms with Crippen molar-refractivity contribution in [3.05, 3.63) is 77.8 Å². The van der Waals surface area contributed by atoms with E-state index in [0.29, 0.717) is 24.5 Å². The highest BCUT2D eigenvalue weighted by molar-refractivity contribution is 6.20. The van der Waals surface area contributed by atoms with Gasteiger partial charge in [0.25, 0.3) is 0 Å². The van der Waals surface area contributed by atoms with Gasteiger partial charge in [0.15, 0.2) is 0 Å². The number of rotatable bonds is 17. The third-order valence-electron chi connectivity index (χ3n) is 6.22. The molecule has 7 heteroatoms. The Morgan fingerprint density at radius 3 is 1.97 bits per heavy atom. The average Bonchev–Trinajstić information content (AvgIpc) is 2.93. The van der Waals surface area contributed by atoms with Crippen LogP contribution in [0.15, 0.2) is 66.7 Å². The summed E-state index contributed by atoms with van der Waals surface area (Å²) in [6.07, 6.45) is 12.1. The van der Waals surface area contributed by atoms with Gasteiger partial charge < -0.3 is 19.7 Å². The molecule has 200 valence electrons. The minimum atomic E-state index is -0.603. The van der Waals surface area contributed by atoms with Crippen LogP contribution in [0.1, 0.15) is 74.6 Å². The van der Waals surface area contributed by atoms with Crippen molar-refractivity contribution in [2.24, 2.45) is 0 Å². The molecule has 0 radical (unpaired) electrons. The highest BCUT2D eigenvalue weighted by Gasteiger charge is 2.10. The molecular formula is C31H36N2O5. The van der Waals surface area contributed by atoms with Crippen molar-refractivity contribution in [1.29, 1.82) is 0 Å². The van der Waals surface area contributed by atoms with Gasteiger partial charge in [-0.05, 0) is 60.0 Å². The zero-order valence-corrected chi connectivity index (χ0v) is 21.8. The standard InChI is InChI=1S/C31H36N2O5/c32-33-24-30(34)37-21-13-8-6-4-2-1-3-5-7-12-20-36-29-19-18-25-22-27(17-16-26(25)23-29)31(35)38-28-14-10-9-11-15-28/h9-11,14-19,22-24H,1-8,12-13,20-21H2. The normalized spacial score (nSPS) is 10.5. The largest absolute Gasteiger partial charge is 0.494 e. The summed E-state index contributed by atoms with van der Waals surface area (Å²) >= 11 is 0. The quantitative estimate of drug-likeness (QED) is 0.0472. The zero-order valence-electron chi connectivity index (χ0n) is 21.8. The van der Waals surface area contributed by atoms with Crippen molar-refractivity contribution in [3.63, 3.8) is 0 Å². The van der Waals surface area contributed by atoms with E-state index in [9.17, 15) is 9.59 Å². The van der Waals surface area contributed by atoms with Gasteiger partial charge in [-0.25, -0.2) is 9.59 Å². The van der Waals surface area contributed by atoms with E-state index in [1.807, 2.05) is 48.5 Å². The van der Waals surface area contributed by atoms with Crippen LogP contribution in [0.3, 0.4) is 0 Å². The first-order chi connectivity index (χ1) is 18.7. The molecule has 3 aromatic rings. The van der Waals surface area contributed by atoms with Gasteiger partial charge in [-0.3, -0.25) is 0 Å². The lowest BCUT2D eigenvalue weighted by molar-refractivity contribution is -0.139. The SMILES string of the molecule is [N-]=[N+]=CC(=O)OCCCCCCCCCCCCOc1ccc2cc(C(=O)Oc3ccccc3)ccc2c1. The van der Waals surface area contributed by atoms with E-state index >= 15 is 0 Å². The summed E-state index contributed by atoms with van der Waals surface area (Å²) in [6.45, 7) is 1.07. The van der Waals surface area contributed by atoms with Crippen molar-refractivity contribution >= 4 is 28.9 Å². The van der Waals surface area contributed by atoms with E-state index in [1.165, 1.54) is 32.1 Å². The maximum Gasteiger partial charge on any atom is 0.413 e. The van der Waals surface area contributed by atoms with Gasteiger partial charge in [-0.15, -0.1) is 0 Å². The fraction of sp³-hybridized carbons (Fsp3) is 0.387. The molecule has 0 saturated heterocycles. The van der Waals surface area contributed by atoms with Crippen LogP contribution in [-0.2, 0) is 9.53 Å². The molecule has 0 N–H and O–H groups in total. The van der Waals surface area contributed by atoms with E-state index in [2.05, 4.69) is 4.79 Å². The van der Waals surface area contributed by atoms with Gasteiger partial charge in [0.05, 0.1) is 18.8 Å². The van der Waals surface area contributed by atoms with Crippen LogP contribution in [0, 0.1) is 0 Å². The number of ether oxygens (including phenoxy) is 3. The van der Waals surface area contributed by atoms with E-state index in [1.54, 1.807) is 18.2 Å². The highest BCUT2D eigenvalue weighted by atomic mass is 16.5. The van der Waals surface area contributed by atoms with Gasteiger partial charge >= 0.3 is 18.2 Å². The van der Waals surface area contributed by atoms with Gasteiger partial charge in [-0.1, -0.05) is 81.7 Å². The summed E-state index contributed by atoms with van der Waals surface area (Å²) < 4.78 is 16.3. The summed E-state index contributed by atoms with van der Waals surface area (Å²) in [5.74, 6) is 0.397. The molecule has 0 aromatic heterocycles. The second kappa shape index (κ2) is 16.7. The predicted octanol–water partition coefficient (Wildman–Crippen LogP) is 7.18. The smallest absolute Gasteiger partial charge is 0.413 e. The van der Waals surface area contributed by atoms with Crippen molar-refractivity contribution in [2.75, 3.05) is 13.2 Å². The molecule has 0 atom stereocenters. The first-order valence-corrected chi connectivity index (χ1v) is 13.4. The molecule has 0 fully saturated rings. The van der Waals surface area contributed by atoms with Crippen LogP contribution in [0.2, 0.25) is 0 Å². The Morgan fingerprint density at radius 1 is 0.684 bits per heavy atom. The zero-order chi connectivity index (χ0) is 26.8. The fourth-order valence-electron chi connectivity index (χ4n) is 4.16. The van der Waals surface area contributed by atoms with Gasteiger partial charge in [-0.2, -0.15) is 4.79 Å². The van der Waals surface area contributed by atoms with E-state index in [-0.39, 0.29) is 5.97 Å². The Morgan fingerprint density at radius 2 is 1.29 bits per heavy atom. The van der Waals surface area contributed by atoms with Crippen LogP contribution in [-0.4, -0.2) is 36.2 Å². The second-order valence-corrected chi connectivity index (χ2v) is 9.22. The van der Waals surface area contributed by atoms with Crippen molar-refractivity contribution in [1.82, 2.24) is 0 Å². The predicted molar refractivity (Wildman–Crippen MR) is 148 cm³/mol. The lowest BCUT2D eigenvalue weighted by Gasteiger charge is -2.09. The molecule has 0 amide bonds. The molecular weight excluding hydrogens is 480 g/mol. The summed E-state index contributed by atoms with van der Waals surface area (Å²) in [4.78, 5) is 26.1. The topological polar surface area (TPSA) is 98.2 Å². The number of hydrogen-bond donors (Lipinski definition) is 0. The van der Waals surface area contributed by atoms with Crippen LogP contribution in [0.5, 0.6) is 11.5 Å². The number of nitrogens with zero attached hydrogens (tertiary/aromatic N) is 2. The number of fused-ring (bicyclic) bond motifs is 1. The monoisotopic (exact) mass is 516 g/mol. The van der Waals surface area contributed by atoms with Crippen molar-refractivity contribution in [2.45, 2.75) is 64.2 Å². The summed E-state index contributed by atoms with van der Waals surface area (Å²) in [7, 11) is 0. The lowest BCUT2D eigenvalue weighted by atomic mass is 10.1. The minimum absolute atomic E-state index is 0.371. The van der Waals surface area contributed by atoms with E-state index < -0.39 is 5.97 Å². The molecule has 0 aliphatic heterocycles. The lowest BCUT2D eigenvalue weighted by Crippen LogP contribution is -2.08. The Hall–Kier alpha value is -3.96. The molecule has 3 rings (SSSR count). The Balaban J connectivity index is 1.23. The number of hydrogen-bond acceptors (Lipinski definition) is 5. The molecule has 3 aromatic carbocycles. The summed E-state index contributed by atoms with van der Waals surface area (Å²) in [6, 6.07) is 20.5. The third-order valence-corrected chi connectivity index (χ3v) is 6.22. The Labute approximate surface area is 224 Å². The summed E-state index contributed by atoms with van der Waals surface area (Å²) in [5.41, 5.74) is 8.74. The minimum Gasteiger partial charge on any atom is -0.494 e. The molecule has 0 aliphatic carbocycles. The van der Waals surface area contributed by atoms with Crippen LogP contribution in [0.4, 0.5) is 0 Å². The molecule has 38 heavy (non-hydrogen) atoms. The number of esters is 2. The molecule has 0 saturated carbocycles. The number of unbranched alkanes of at least 4 members (excludes halogenated alkanes) is 9. The molecule has 0 aliphatic rings. The highest BCUT2D eigenvalue weighted by Crippen LogP contribution is 2.23. The van der Waals surface area contributed by atoms with E-state index in [0.717, 1.165) is 54.8 Å². The van der Waals surface area contributed by atoms with Gasteiger partial charge in [0, 0.05) is 0 Å². The van der Waals surface area contributed by atoms with Gasteiger partial charge in [0.1, 0.15) is 11.5 Å².